The number of carbonyl (C=O) groups excluding carboxylic acids is 2. The van der Waals surface area contributed by atoms with Gasteiger partial charge in [-0.1, -0.05) is 42.5 Å². The van der Waals surface area contributed by atoms with Crippen molar-refractivity contribution in [2.45, 2.75) is 12.8 Å². The molecule has 5 nitrogen and oxygen atoms in total. The highest BCUT2D eigenvalue weighted by Crippen LogP contribution is 2.31. The SMILES string of the molecule is O=C(Nc1ccc2c(c1)N(C(=O)c1ccccc1)CCC2)Oc1ccccc1. The average Bonchev–Trinajstić information content (AvgIpc) is 2.74. The van der Waals surface area contributed by atoms with Gasteiger partial charge in [0.2, 0.25) is 0 Å². The molecule has 0 radical (unpaired) electrons. The number of aryl methyl sites for hydroxylation is 1. The maximum Gasteiger partial charge on any atom is 0.417 e. The summed E-state index contributed by atoms with van der Waals surface area (Å²) in [4.78, 5) is 26.9. The number of fused-ring (bicyclic) bond motifs is 1. The largest absolute Gasteiger partial charge is 0.417 e. The van der Waals surface area contributed by atoms with Gasteiger partial charge in [0.25, 0.3) is 5.91 Å². The third-order valence-corrected chi connectivity index (χ3v) is 4.67. The van der Waals surface area contributed by atoms with Crippen LogP contribution < -0.4 is 15.0 Å². The molecule has 1 aliphatic rings. The fourth-order valence-corrected chi connectivity index (χ4v) is 3.34. The van der Waals surface area contributed by atoms with E-state index in [4.69, 9.17) is 4.74 Å². The number of carbonyl (C=O) groups is 2. The minimum Gasteiger partial charge on any atom is -0.410 e. The van der Waals surface area contributed by atoms with Crippen LogP contribution in [0.4, 0.5) is 16.2 Å². The second kappa shape index (κ2) is 7.96. The van der Waals surface area contributed by atoms with Gasteiger partial charge >= 0.3 is 6.09 Å². The first-order valence-corrected chi connectivity index (χ1v) is 9.24. The van der Waals surface area contributed by atoms with Gasteiger partial charge in [-0.15, -0.1) is 0 Å². The fraction of sp³-hybridized carbons (Fsp3) is 0.130. The van der Waals surface area contributed by atoms with Crippen molar-refractivity contribution in [3.8, 4) is 5.75 Å². The first kappa shape index (κ1) is 17.8. The Bertz CT molecular complexity index is 987. The highest BCUT2D eigenvalue weighted by molar-refractivity contribution is 6.07. The third kappa shape index (κ3) is 3.88. The number of nitrogens with one attached hydrogen (secondary N) is 1. The van der Waals surface area contributed by atoms with Gasteiger partial charge < -0.3 is 9.64 Å². The number of nitrogens with zero attached hydrogens (tertiary/aromatic N) is 1. The van der Waals surface area contributed by atoms with E-state index in [0.717, 1.165) is 24.1 Å². The van der Waals surface area contributed by atoms with Gasteiger partial charge in [-0.2, -0.15) is 0 Å². The Morgan fingerprint density at radius 2 is 1.61 bits per heavy atom. The van der Waals surface area contributed by atoms with Crippen molar-refractivity contribution >= 4 is 23.4 Å². The Hall–Kier alpha value is -3.60. The topological polar surface area (TPSA) is 58.6 Å². The summed E-state index contributed by atoms with van der Waals surface area (Å²) in [5, 5.41) is 2.74. The molecule has 0 spiro atoms. The van der Waals surface area contributed by atoms with Crippen LogP contribution in [-0.4, -0.2) is 18.5 Å². The molecule has 0 bridgehead atoms. The van der Waals surface area contributed by atoms with E-state index in [1.165, 1.54) is 0 Å². The van der Waals surface area contributed by atoms with Gasteiger partial charge in [-0.05, 0) is 54.8 Å². The maximum absolute atomic E-state index is 13.0. The predicted octanol–water partition coefficient (Wildman–Crippen LogP) is 4.89. The van der Waals surface area contributed by atoms with Gasteiger partial charge in [0.15, 0.2) is 0 Å². The zero-order valence-electron chi connectivity index (χ0n) is 15.3. The van der Waals surface area contributed by atoms with E-state index in [2.05, 4.69) is 5.32 Å². The molecule has 0 fully saturated rings. The number of para-hydroxylation sites is 1. The van der Waals surface area contributed by atoms with Crippen LogP contribution in [-0.2, 0) is 6.42 Å². The average molecular weight is 372 g/mol. The molecule has 1 N–H and O–H groups in total. The van der Waals surface area contributed by atoms with Gasteiger partial charge in [-0.25, -0.2) is 4.79 Å². The lowest BCUT2D eigenvalue weighted by atomic mass is 10.00. The number of amides is 2. The lowest BCUT2D eigenvalue weighted by Crippen LogP contribution is -2.35. The number of hydrogen-bond donors (Lipinski definition) is 1. The van der Waals surface area contributed by atoms with Crippen LogP contribution in [0.3, 0.4) is 0 Å². The number of anilines is 2. The van der Waals surface area contributed by atoms with Crippen LogP contribution in [0.25, 0.3) is 0 Å². The van der Waals surface area contributed by atoms with E-state index < -0.39 is 6.09 Å². The molecule has 0 aliphatic carbocycles. The summed E-state index contributed by atoms with van der Waals surface area (Å²) in [5.41, 5.74) is 3.17. The van der Waals surface area contributed by atoms with E-state index in [9.17, 15) is 9.59 Å². The molecule has 4 rings (SSSR count). The number of hydrogen-bond acceptors (Lipinski definition) is 3. The highest BCUT2D eigenvalue weighted by atomic mass is 16.6. The number of ether oxygens (including phenoxy) is 1. The minimum absolute atomic E-state index is 0.0365. The molecule has 0 unspecified atom stereocenters. The molecular weight excluding hydrogens is 352 g/mol. The van der Waals surface area contributed by atoms with Crippen molar-refractivity contribution in [2.75, 3.05) is 16.8 Å². The molecule has 5 heteroatoms. The molecular formula is C23H20N2O3. The molecule has 0 saturated heterocycles. The summed E-state index contributed by atoms with van der Waals surface area (Å²) in [5.74, 6) is 0.435. The van der Waals surface area contributed by atoms with Crippen LogP contribution in [0.1, 0.15) is 22.3 Å². The Morgan fingerprint density at radius 3 is 2.36 bits per heavy atom. The van der Waals surface area contributed by atoms with Crippen molar-refractivity contribution in [3.05, 3.63) is 90.0 Å². The predicted molar refractivity (Wildman–Crippen MR) is 109 cm³/mol. The molecule has 3 aromatic carbocycles. The van der Waals surface area contributed by atoms with Crippen LogP contribution in [0.15, 0.2) is 78.9 Å². The Kier molecular flexibility index (Phi) is 5.06. The molecule has 140 valence electrons. The molecule has 0 saturated carbocycles. The summed E-state index contributed by atoms with van der Waals surface area (Å²) in [6, 6.07) is 23.7. The van der Waals surface area contributed by atoms with E-state index >= 15 is 0 Å². The van der Waals surface area contributed by atoms with Crippen molar-refractivity contribution in [2.24, 2.45) is 0 Å². The van der Waals surface area contributed by atoms with Crippen LogP contribution in [0, 0.1) is 0 Å². The summed E-state index contributed by atoms with van der Waals surface area (Å²) < 4.78 is 5.28. The van der Waals surface area contributed by atoms with Crippen molar-refractivity contribution in [1.82, 2.24) is 0 Å². The maximum atomic E-state index is 13.0. The molecule has 0 aromatic heterocycles. The lowest BCUT2D eigenvalue weighted by Gasteiger charge is -2.30. The quantitative estimate of drug-likeness (QED) is 0.712. The third-order valence-electron chi connectivity index (χ3n) is 4.67. The molecule has 2 amide bonds. The van der Waals surface area contributed by atoms with Crippen molar-refractivity contribution in [3.63, 3.8) is 0 Å². The van der Waals surface area contributed by atoms with E-state index in [-0.39, 0.29) is 5.91 Å². The summed E-state index contributed by atoms with van der Waals surface area (Å²) in [6.45, 7) is 0.651. The first-order valence-electron chi connectivity index (χ1n) is 9.24. The Morgan fingerprint density at radius 1 is 0.893 bits per heavy atom. The van der Waals surface area contributed by atoms with Gasteiger partial charge in [0.1, 0.15) is 5.75 Å². The Labute approximate surface area is 163 Å². The Balaban J connectivity index is 1.54. The summed E-state index contributed by atoms with van der Waals surface area (Å²) in [6.07, 6.45) is 1.25. The van der Waals surface area contributed by atoms with E-state index in [1.807, 2.05) is 54.6 Å². The van der Waals surface area contributed by atoms with E-state index in [1.54, 1.807) is 29.2 Å². The van der Waals surface area contributed by atoms with Gasteiger partial charge in [-0.3, -0.25) is 10.1 Å². The monoisotopic (exact) mass is 372 g/mol. The summed E-state index contributed by atoms with van der Waals surface area (Å²) >= 11 is 0. The first-order chi connectivity index (χ1) is 13.7. The number of rotatable bonds is 3. The number of benzene rings is 3. The second-order valence-electron chi connectivity index (χ2n) is 6.60. The molecule has 0 atom stereocenters. The highest BCUT2D eigenvalue weighted by Gasteiger charge is 2.24. The van der Waals surface area contributed by atoms with E-state index in [0.29, 0.717) is 23.5 Å². The van der Waals surface area contributed by atoms with Crippen molar-refractivity contribution < 1.29 is 14.3 Å². The standard InChI is InChI=1S/C23H20N2O3/c26-22(18-8-3-1-4-9-18)25-15-7-10-17-13-14-19(16-21(17)25)24-23(27)28-20-11-5-2-6-12-20/h1-6,8-9,11-14,16H,7,10,15H2,(H,24,27). The van der Waals surface area contributed by atoms with Gasteiger partial charge in [0, 0.05) is 23.5 Å². The van der Waals surface area contributed by atoms with Crippen LogP contribution in [0.5, 0.6) is 5.75 Å². The van der Waals surface area contributed by atoms with Crippen molar-refractivity contribution in [1.29, 1.82) is 0 Å². The zero-order chi connectivity index (χ0) is 19.3. The smallest absolute Gasteiger partial charge is 0.410 e. The van der Waals surface area contributed by atoms with Crippen LogP contribution >= 0.6 is 0 Å². The minimum atomic E-state index is -0.567. The van der Waals surface area contributed by atoms with Gasteiger partial charge in [0.05, 0.1) is 0 Å². The van der Waals surface area contributed by atoms with Crippen LogP contribution in [0.2, 0.25) is 0 Å². The normalized spacial score (nSPS) is 12.8. The molecule has 3 aromatic rings. The zero-order valence-corrected chi connectivity index (χ0v) is 15.3. The molecule has 28 heavy (non-hydrogen) atoms. The lowest BCUT2D eigenvalue weighted by molar-refractivity contribution is 0.0985. The molecule has 1 aliphatic heterocycles. The summed E-state index contributed by atoms with van der Waals surface area (Å²) in [7, 11) is 0. The fourth-order valence-electron chi connectivity index (χ4n) is 3.34. The second-order valence-corrected chi connectivity index (χ2v) is 6.60. The molecule has 1 heterocycles.